The highest BCUT2D eigenvalue weighted by atomic mass is 35.5. The monoisotopic (exact) mass is 174 g/mol. The predicted molar refractivity (Wildman–Crippen MR) is 43.9 cm³/mol. The Morgan fingerprint density at radius 2 is 2.50 bits per heavy atom. The fourth-order valence-electron chi connectivity index (χ4n) is 0.635. The Morgan fingerprint density at radius 3 is 2.80 bits per heavy atom. The summed E-state index contributed by atoms with van der Waals surface area (Å²) < 4.78 is 0. The van der Waals surface area contributed by atoms with E-state index in [0.717, 1.165) is 10.4 Å². The molecule has 1 aromatic rings. The minimum absolute atomic E-state index is 0.104. The van der Waals surface area contributed by atoms with Crippen LogP contribution in [0, 0.1) is 0 Å². The molecule has 0 saturated carbocycles. The molecule has 1 nitrogen and oxygen atoms in total. The van der Waals surface area contributed by atoms with E-state index < -0.39 is 0 Å². The molecule has 1 heterocycles. The second-order valence-corrected chi connectivity index (χ2v) is 3.25. The van der Waals surface area contributed by atoms with Gasteiger partial charge in [0.15, 0.2) is 5.78 Å². The van der Waals surface area contributed by atoms with Crippen molar-refractivity contribution >= 4 is 28.7 Å². The van der Waals surface area contributed by atoms with Gasteiger partial charge in [-0.1, -0.05) is 0 Å². The van der Waals surface area contributed by atoms with Gasteiger partial charge in [-0.3, -0.25) is 4.79 Å². The largest absolute Gasteiger partial charge is 0.294 e. The molecule has 0 saturated heterocycles. The van der Waals surface area contributed by atoms with Gasteiger partial charge < -0.3 is 0 Å². The second kappa shape index (κ2) is 3.17. The summed E-state index contributed by atoms with van der Waals surface area (Å²) in [5, 5.41) is 1.83. The van der Waals surface area contributed by atoms with E-state index in [0.29, 0.717) is 5.88 Å². The Labute approximate surface area is 68.6 Å². The van der Waals surface area contributed by atoms with Gasteiger partial charge in [0.1, 0.15) is 0 Å². The van der Waals surface area contributed by atoms with Crippen LogP contribution in [0.25, 0.3) is 0 Å². The molecule has 10 heavy (non-hydrogen) atoms. The average Bonchev–Trinajstić information content (AvgIpc) is 2.34. The van der Waals surface area contributed by atoms with Crippen molar-refractivity contribution in [1.29, 1.82) is 0 Å². The Bertz CT molecular complexity index is 242. The number of hydrogen-bond donors (Lipinski definition) is 0. The van der Waals surface area contributed by atoms with Gasteiger partial charge in [-0.15, -0.1) is 22.9 Å². The Morgan fingerprint density at radius 1 is 1.80 bits per heavy atom. The van der Waals surface area contributed by atoms with Crippen LogP contribution in [0.15, 0.2) is 11.4 Å². The van der Waals surface area contributed by atoms with E-state index in [1.165, 1.54) is 11.3 Å². The topological polar surface area (TPSA) is 17.1 Å². The summed E-state index contributed by atoms with van der Waals surface area (Å²) in [6, 6.07) is 1.83. The first-order valence-electron chi connectivity index (χ1n) is 2.88. The zero-order valence-corrected chi connectivity index (χ0v) is 7.13. The third-order valence-corrected chi connectivity index (χ3v) is 2.58. The van der Waals surface area contributed by atoms with Crippen molar-refractivity contribution in [3.8, 4) is 0 Å². The molecule has 0 fully saturated rings. The molecule has 1 rings (SSSR count). The average molecular weight is 175 g/mol. The minimum Gasteiger partial charge on any atom is -0.294 e. The molecule has 54 valence electrons. The summed E-state index contributed by atoms with van der Waals surface area (Å²) in [6.07, 6.45) is 0. The molecule has 0 aliphatic rings. The molecule has 0 atom stereocenters. The molecule has 1 aromatic heterocycles. The van der Waals surface area contributed by atoms with Crippen LogP contribution in [-0.4, -0.2) is 5.78 Å². The highest BCUT2D eigenvalue weighted by Gasteiger charge is 2.01. The number of rotatable bonds is 2. The maximum Gasteiger partial charge on any atom is 0.160 e. The highest BCUT2D eigenvalue weighted by Crippen LogP contribution is 2.16. The van der Waals surface area contributed by atoms with Crippen LogP contribution in [-0.2, 0) is 5.88 Å². The van der Waals surface area contributed by atoms with E-state index in [-0.39, 0.29) is 5.78 Å². The van der Waals surface area contributed by atoms with E-state index in [9.17, 15) is 4.79 Å². The maximum absolute atomic E-state index is 10.7. The number of alkyl halides is 1. The van der Waals surface area contributed by atoms with Crippen molar-refractivity contribution in [3.63, 3.8) is 0 Å². The van der Waals surface area contributed by atoms with E-state index in [2.05, 4.69) is 0 Å². The lowest BCUT2D eigenvalue weighted by molar-refractivity contribution is 0.101. The Balaban J connectivity index is 2.88. The molecule has 0 aromatic carbocycles. The standard InChI is InChI=1S/C7H7ClOS/c1-5(9)6-2-7(3-8)10-4-6/h2,4H,3H2,1H3. The lowest BCUT2D eigenvalue weighted by Crippen LogP contribution is -1.86. The molecular formula is C7H7ClOS. The molecule has 0 N–H and O–H groups in total. The fraction of sp³-hybridized carbons (Fsp3) is 0.286. The minimum atomic E-state index is 0.104. The summed E-state index contributed by atoms with van der Waals surface area (Å²) in [5.74, 6) is 0.602. The highest BCUT2D eigenvalue weighted by molar-refractivity contribution is 7.10. The molecule has 0 spiro atoms. The van der Waals surface area contributed by atoms with Gasteiger partial charge in [-0.2, -0.15) is 0 Å². The smallest absolute Gasteiger partial charge is 0.160 e. The first kappa shape index (κ1) is 7.76. The van der Waals surface area contributed by atoms with Crippen molar-refractivity contribution in [2.75, 3.05) is 0 Å². The van der Waals surface area contributed by atoms with E-state index in [4.69, 9.17) is 11.6 Å². The van der Waals surface area contributed by atoms with E-state index in [1.54, 1.807) is 6.92 Å². The third kappa shape index (κ3) is 1.58. The van der Waals surface area contributed by atoms with Gasteiger partial charge in [-0.25, -0.2) is 0 Å². The van der Waals surface area contributed by atoms with Gasteiger partial charge in [0.25, 0.3) is 0 Å². The molecule has 0 bridgehead atoms. The normalized spacial score (nSPS) is 9.80. The summed E-state index contributed by atoms with van der Waals surface area (Å²) >= 11 is 7.07. The maximum atomic E-state index is 10.7. The summed E-state index contributed by atoms with van der Waals surface area (Å²) in [4.78, 5) is 11.8. The lowest BCUT2D eigenvalue weighted by atomic mass is 10.2. The lowest BCUT2D eigenvalue weighted by Gasteiger charge is -1.82. The Kier molecular flexibility index (Phi) is 2.46. The van der Waals surface area contributed by atoms with Crippen molar-refractivity contribution in [2.24, 2.45) is 0 Å². The Hall–Kier alpha value is -0.340. The number of Topliss-reactive ketones (excluding diaryl/α,β-unsaturated/α-hetero) is 1. The van der Waals surface area contributed by atoms with E-state index in [1.807, 2.05) is 11.4 Å². The van der Waals surface area contributed by atoms with Crippen LogP contribution < -0.4 is 0 Å². The van der Waals surface area contributed by atoms with Crippen LogP contribution in [0.3, 0.4) is 0 Å². The van der Waals surface area contributed by atoms with Crippen molar-refractivity contribution < 1.29 is 4.79 Å². The van der Waals surface area contributed by atoms with Gasteiger partial charge in [0, 0.05) is 15.8 Å². The number of carbonyl (C=O) groups excluding carboxylic acids is 1. The summed E-state index contributed by atoms with van der Waals surface area (Å²) in [6.45, 7) is 1.56. The molecule has 3 heteroatoms. The first-order chi connectivity index (χ1) is 4.74. The van der Waals surface area contributed by atoms with E-state index >= 15 is 0 Å². The number of thiophene rings is 1. The summed E-state index contributed by atoms with van der Waals surface area (Å²) in [7, 11) is 0. The molecule has 0 radical (unpaired) electrons. The zero-order chi connectivity index (χ0) is 7.56. The number of ketones is 1. The van der Waals surface area contributed by atoms with Crippen LogP contribution in [0.1, 0.15) is 22.2 Å². The number of carbonyl (C=O) groups is 1. The first-order valence-corrected chi connectivity index (χ1v) is 4.29. The second-order valence-electron chi connectivity index (χ2n) is 1.99. The van der Waals surface area contributed by atoms with Crippen LogP contribution in [0.5, 0.6) is 0 Å². The molecular weight excluding hydrogens is 168 g/mol. The zero-order valence-electron chi connectivity index (χ0n) is 5.56. The number of halogens is 1. The van der Waals surface area contributed by atoms with Crippen LogP contribution >= 0.6 is 22.9 Å². The quantitative estimate of drug-likeness (QED) is 0.498. The van der Waals surface area contributed by atoms with Crippen molar-refractivity contribution in [3.05, 3.63) is 21.9 Å². The predicted octanol–water partition coefficient (Wildman–Crippen LogP) is 2.69. The van der Waals surface area contributed by atoms with Crippen LogP contribution in [0.4, 0.5) is 0 Å². The number of hydrogen-bond acceptors (Lipinski definition) is 2. The van der Waals surface area contributed by atoms with Crippen molar-refractivity contribution in [1.82, 2.24) is 0 Å². The van der Waals surface area contributed by atoms with Crippen molar-refractivity contribution in [2.45, 2.75) is 12.8 Å². The van der Waals surface area contributed by atoms with Crippen LogP contribution in [0.2, 0.25) is 0 Å². The summed E-state index contributed by atoms with van der Waals surface area (Å²) in [5.41, 5.74) is 0.764. The van der Waals surface area contributed by atoms with Gasteiger partial charge in [-0.05, 0) is 13.0 Å². The fourth-order valence-corrected chi connectivity index (χ4v) is 1.67. The van der Waals surface area contributed by atoms with Gasteiger partial charge >= 0.3 is 0 Å². The molecule has 0 unspecified atom stereocenters. The molecule has 0 amide bonds. The SMILES string of the molecule is CC(=O)c1csc(CCl)c1. The van der Waals surface area contributed by atoms with Gasteiger partial charge in [0.05, 0.1) is 5.88 Å². The van der Waals surface area contributed by atoms with Gasteiger partial charge in [0.2, 0.25) is 0 Å². The molecule has 0 aliphatic heterocycles. The third-order valence-electron chi connectivity index (χ3n) is 1.19. The molecule has 0 aliphatic carbocycles.